The van der Waals surface area contributed by atoms with Crippen molar-refractivity contribution in [1.82, 2.24) is 9.88 Å². The molecule has 4 rings (SSSR count). The van der Waals surface area contributed by atoms with Gasteiger partial charge in [0.2, 0.25) is 0 Å². The number of rotatable bonds is 5. The highest BCUT2D eigenvalue weighted by Crippen LogP contribution is 2.37. The van der Waals surface area contributed by atoms with Crippen LogP contribution in [-0.4, -0.2) is 46.9 Å². The van der Waals surface area contributed by atoms with Crippen molar-refractivity contribution in [2.45, 2.75) is 16.2 Å². The predicted molar refractivity (Wildman–Crippen MR) is 124 cm³/mol. The number of nitro benzene ring substituents is 1. The molecular weight excluding hydrogens is 456 g/mol. The number of anilines is 1. The van der Waals surface area contributed by atoms with Crippen LogP contribution in [0.3, 0.4) is 0 Å². The Hall–Kier alpha value is -2.62. The van der Waals surface area contributed by atoms with Crippen molar-refractivity contribution < 1.29 is 9.72 Å². The fourth-order valence-electron chi connectivity index (χ4n) is 3.39. The normalized spacial score (nSPS) is 14.0. The van der Waals surface area contributed by atoms with Crippen molar-refractivity contribution >= 4 is 52.0 Å². The van der Waals surface area contributed by atoms with Gasteiger partial charge in [0, 0.05) is 48.9 Å². The van der Waals surface area contributed by atoms with Crippen LogP contribution in [0.1, 0.15) is 16.1 Å². The molecule has 0 atom stereocenters. The average molecular weight is 475 g/mol. The summed E-state index contributed by atoms with van der Waals surface area (Å²) in [6, 6.07) is 12.3. The second kappa shape index (κ2) is 9.25. The smallest absolute Gasteiger partial charge is 0.284 e. The van der Waals surface area contributed by atoms with Gasteiger partial charge in [-0.15, -0.1) is 11.3 Å². The second-order valence-electron chi connectivity index (χ2n) is 7.03. The summed E-state index contributed by atoms with van der Waals surface area (Å²) >= 11 is 8.96. The number of thiazole rings is 1. The second-order valence-corrected chi connectivity index (χ2v) is 9.58. The van der Waals surface area contributed by atoms with E-state index in [0.717, 1.165) is 15.7 Å². The number of hydrogen-bond acceptors (Lipinski definition) is 7. The fourth-order valence-corrected chi connectivity index (χ4v) is 5.53. The number of amides is 1. The number of benzene rings is 2. The molecule has 3 aromatic rings. The highest BCUT2D eigenvalue weighted by Gasteiger charge is 2.26. The summed E-state index contributed by atoms with van der Waals surface area (Å²) < 4.78 is 0.732. The molecule has 1 aliphatic rings. The number of hydrogen-bond donors (Lipinski definition) is 0. The van der Waals surface area contributed by atoms with Gasteiger partial charge in [-0.2, -0.15) is 0 Å². The van der Waals surface area contributed by atoms with Gasteiger partial charge in [0.1, 0.15) is 0 Å². The SMILES string of the molecule is Cc1csc(Sc2ccc(C(=O)N3CCN(c4ccccc4Cl)CC3)cc2[N+](=O)[O-])n1. The van der Waals surface area contributed by atoms with Crippen LogP contribution in [0.5, 0.6) is 0 Å². The van der Waals surface area contributed by atoms with Gasteiger partial charge >= 0.3 is 0 Å². The van der Waals surface area contributed by atoms with Crippen LogP contribution in [0, 0.1) is 17.0 Å². The van der Waals surface area contributed by atoms with Gasteiger partial charge in [-0.1, -0.05) is 35.5 Å². The lowest BCUT2D eigenvalue weighted by Gasteiger charge is -2.36. The lowest BCUT2D eigenvalue weighted by molar-refractivity contribution is -0.387. The highest BCUT2D eigenvalue weighted by atomic mass is 35.5. The zero-order chi connectivity index (χ0) is 22.0. The first kappa shape index (κ1) is 21.6. The molecule has 0 spiro atoms. The number of carbonyl (C=O) groups is 1. The molecule has 0 saturated carbocycles. The van der Waals surface area contributed by atoms with Crippen LogP contribution in [0.15, 0.2) is 57.1 Å². The minimum absolute atomic E-state index is 0.0848. The Morgan fingerprint density at radius 1 is 1.19 bits per heavy atom. The van der Waals surface area contributed by atoms with Crippen molar-refractivity contribution in [2.75, 3.05) is 31.1 Å². The van der Waals surface area contributed by atoms with Crippen LogP contribution in [0.2, 0.25) is 5.02 Å². The van der Waals surface area contributed by atoms with E-state index in [4.69, 9.17) is 11.6 Å². The first-order valence-corrected chi connectivity index (χ1v) is 11.7. The zero-order valence-corrected chi connectivity index (χ0v) is 19.0. The maximum absolute atomic E-state index is 13.0. The van der Waals surface area contributed by atoms with Crippen molar-refractivity contribution in [3.63, 3.8) is 0 Å². The lowest BCUT2D eigenvalue weighted by atomic mass is 10.1. The molecule has 0 radical (unpaired) electrons. The van der Waals surface area contributed by atoms with Gasteiger partial charge in [-0.25, -0.2) is 4.98 Å². The molecule has 10 heteroatoms. The average Bonchev–Trinajstić information content (AvgIpc) is 3.18. The van der Waals surface area contributed by atoms with Gasteiger partial charge in [-0.05, 0) is 31.2 Å². The van der Waals surface area contributed by atoms with E-state index in [-0.39, 0.29) is 11.6 Å². The van der Waals surface area contributed by atoms with Gasteiger partial charge in [-0.3, -0.25) is 14.9 Å². The number of carbonyl (C=O) groups excluding carboxylic acids is 1. The van der Waals surface area contributed by atoms with Crippen molar-refractivity contribution in [3.8, 4) is 0 Å². The first-order chi connectivity index (χ1) is 14.9. The molecule has 160 valence electrons. The number of para-hydroxylation sites is 1. The fraction of sp³-hybridized carbons (Fsp3) is 0.238. The lowest BCUT2D eigenvalue weighted by Crippen LogP contribution is -2.48. The van der Waals surface area contributed by atoms with Crippen LogP contribution in [-0.2, 0) is 0 Å². The van der Waals surface area contributed by atoms with E-state index in [1.807, 2.05) is 36.6 Å². The molecule has 2 aromatic carbocycles. The van der Waals surface area contributed by atoms with Gasteiger partial charge in [0.05, 0.1) is 20.5 Å². The first-order valence-electron chi connectivity index (χ1n) is 9.59. The molecule has 31 heavy (non-hydrogen) atoms. The highest BCUT2D eigenvalue weighted by molar-refractivity contribution is 8.01. The van der Waals surface area contributed by atoms with Gasteiger partial charge < -0.3 is 9.80 Å². The Kier molecular flexibility index (Phi) is 6.45. The van der Waals surface area contributed by atoms with E-state index >= 15 is 0 Å². The molecule has 0 N–H and O–H groups in total. The molecule has 1 fully saturated rings. The topological polar surface area (TPSA) is 79.6 Å². The Bertz CT molecular complexity index is 1130. The number of piperazine rings is 1. The van der Waals surface area contributed by atoms with Crippen molar-refractivity contribution in [1.29, 1.82) is 0 Å². The molecular formula is C21H19ClN4O3S2. The minimum Gasteiger partial charge on any atom is -0.367 e. The summed E-state index contributed by atoms with van der Waals surface area (Å²) in [5.41, 5.74) is 2.06. The maximum Gasteiger partial charge on any atom is 0.284 e. The molecule has 0 bridgehead atoms. The number of nitro groups is 1. The molecule has 1 amide bonds. The molecule has 0 unspecified atom stereocenters. The summed E-state index contributed by atoms with van der Waals surface area (Å²) in [5, 5.41) is 14.2. The third-order valence-corrected chi connectivity index (χ3v) is 7.40. The zero-order valence-electron chi connectivity index (χ0n) is 16.7. The van der Waals surface area contributed by atoms with Crippen LogP contribution < -0.4 is 4.90 Å². The van der Waals surface area contributed by atoms with Crippen molar-refractivity contribution in [3.05, 3.63) is 74.2 Å². The van der Waals surface area contributed by atoms with E-state index < -0.39 is 4.92 Å². The Morgan fingerprint density at radius 2 is 1.94 bits per heavy atom. The van der Waals surface area contributed by atoms with Gasteiger partial charge in [0.25, 0.3) is 11.6 Å². The standard InChI is InChI=1S/C21H19ClN4O3S2/c1-14-13-30-21(23-14)31-19-7-6-15(12-18(19)26(28)29)20(27)25-10-8-24(9-11-25)17-5-3-2-4-16(17)22/h2-7,12-13H,8-11H2,1H3. The summed E-state index contributed by atoms with van der Waals surface area (Å²) in [7, 11) is 0. The van der Waals surface area contributed by atoms with E-state index in [9.17, 15) is 14.9 Å². The summed E-state index contributed by atoms with van der Waals surface area (Å²) in [4.78, 5) is 32.9. The number of aryl methyl sites for hydroxylation is 1. The number of halogens is 1. The van der Waals surface area contributed by atoms with Gasteiger partial charge in [0.15, 0.2) is 4.34 Å². The molecule has 0 aliphatic carbocycles. The Balaban J connectivity index is 1.48. The van der Waals surface area contributed by atoms with E-state index in [1.165, 1.54) is 29.2 Å². The monoisotopic (exact) mass is 474 g/mol. The molecule has 1 aliphatic heterocycles. The molecule has 7 nitrogen and oxygen atoms in total. The number of aromatic nitrogens is 1. The molecule has 2 heterocycles. The summed E-state index contributed by atoms with van der Waals surface area (Å²) in [5.74, 6) is -0.205. The van der Waals surface area contributed by atoms with Crippen LogP contribution in [0.4, 0.5) is 11.4 Å². The Labute approximate surface area is 192 Å². The molecule has 1 aromatic heterocycles. The number of nitrogens with zero attached hydrogens (tertiary/aromatic N) is 4. The third-order valence-electron chi connectivity index (χ3n) is 4.96. The van der Waals surface area contributed by atoms with Crippen molar-refractivity contribution in [2.24, 2.45) is 0 Å². The van der Waals surface area contributed by atoms with E-state index in [0.29, 0.717) is 41.7 Å². The van der Waals surface area contributed by atoms with E-state index in [2.05, 4.69) is 9.88 Å². The summed E-state index contributed by atoms with van der Waals surface area (Å²) in [6.07, 6.45) is 0. The summed E-state index contributed by atoms with van der Waals surface area (Å²) in [6.45, 7) is 4.21. The largest absolute Gasteiger partial charge is 0.367 e. The predicted octanol–water partition coefficient (Wildman–Crippen LogP) is 5.13. The van der Waals surface area contributed by atoms with Crippen LogP contribution in [0.25, 0.3) is 0 Å². The van der Waals surface area contributed by atoms with E-state index in [1.54, 1.807) is 17.0 Å². The molecule has 1 saturated heterocycles. The van der Waals surface area contributed by atoms with Crippen LogP contribution >= 0.6 is 34.7 Å². The third kappa shape index (κ3) is 4.84. The maximum atomic E-state index is 13.0. The quantitative estimate of drug-likeness (QED) is 0.377. The Morgan fingerprint density at radius 3 is 2.58 bits per heavy atom. The minimum atomic E-state index is -0.449.